The lowest BCUT2D eigenvalue weighted by Gasteiger charge is -2.40. The average molecular weight is 255 g/mol. The molecule has 1 rings (SSSR count). The van der Waals surface area contributed by atoms with Gasteiger partial charge in [-0.2, -0.15) is 0 Å². The minimum absolute atomic E-state index is 0.0552. The van der Waals surface area contributed by atoms with E-state index < -0.39 is 0 Å². The van der Waals surface area contributed by atoms with Crippen LogP contribution in [0.3, 0.4) is 0 Å². The number of likely N-dealkylation sites (tertiary alicyclic amines) is 1. The van der Waals surface area contributed by atoms with Crippen molar-refractivity contribution in [3.63, 3.8) is 0 Å². The molecule has 0 radical (unpaired) electrons. The number of carbonyl (C=O) groups is 2. The minimum atomic E-state index is -0.304. The number of carbonyl (C=O) groups excluding carboxylic acids is 2. The summed E-state index contributed by atoms with van der Waals surface area (Å²) in [6.45, 7) is 11.1. The maximum Gasteiger partial charge on any atom is 0.310 e. The maximum absolute atomic E-state index is 12.1. The van der Waals surface area contributed by atoms with Crippen LogP contribution in [0.2, 0.25) is 0 Å². The molecule has 4 nitrogen and oxygen atoms in total. The highest BCUT2D eigenvalue weighted by atomic mass is 16.5. The highest BCUT2D eigenvalue weighted by Crippen LogP contribution is 2.35. The van der Waals surface area contributed by atoms with Gasteiger partial charge in [-0.1, -0.05) is 20.8 Å². The number of rotatable bonds is 3. The predicted octanol–water partition coefficient (Wildman–Crippen LogP) is 2.22. The monoisotopic (exact) mass is 255 g/mol. The van der Waals surface area contributed by atoms with Crippen LogP contribution in [0.5, 0.6) is 0 Å². The zero-order valence-corrected chi connectivity index (χ0v) is 12.4. The third-order valence-electron chi connectivity index (χ3n) is 3.35. The normalized spacial score (nSPS) is 21.3. The predicted molar refractivity (Wildman–Crippen MR) is 70.0 cm³/mol. The summed E-state index contributed by atoms with van der Waals surface area (Å²) < 4.78 is 4.73. The molecular weight excluding hydrogens is 230 g/mol. The van der Waals surface area contributed by atoms with E-state index in [1.54, 1.807) is 0 Å². The Balaban J connectivity index is 2.78. The second-order valence-corrected chi connectivity index (χ2v) is 6.98. The number of methoxy groups -OCH3 is 1. The lowest BCUT2D eigenvalue weighted by Crippen LogP contribution is -2.47. The summed E-state index contributed by atoms with van der Waals surface area (Å²) in [7, 11) is 1.37. The van der Waals surface area contributed by atoms with Crippen molar-refractivity contribution >= 4 is 11.9 Å². The summed E-state index contributed by atoms with van der Waals surface area (Å²) in [5, 5.41) is 0. The van der Waals surface area contributed by atoms with Crippen molar-refractivity contribution in [3.05, 3.63) is 0 Å². The fourth-order valence-electron chi connectivity index (χ4n) is 3.01. The Bertz CT molecular complexity index is 341. The summed E-state index contributed by atoms with van der Waals surface area (Å²) >= 11 is 0. The summed E-state index contributed by atoms with van der Waals surface area (Å²) in [5.41, 5.74) is -0.0781. The van der Waals surface area contributed by atoms with Gasteiger partial charge in [0.15, 0.2) is 0 Å². The van der Waals surface area contributed by atoms with E-state index in [4.69, 9.17) is 4.74 Å². The lowest BCUT2D eigenvalue weighted by atomic mass is 9.81. The number of ether oxygens (including phenoxy) is 1. The van der Waals surface area contributed by atoms with Crippen molar-refractivity contribution in [1.29, 1.82) is 0 Å². The summed E-state index contributed by atoms with van der Waals surface area (Å²) in [5.74, 6) is -0.529. The van der Waals surface area contributed by atoms with E-state index in [9.17, 15) is 9.59 Å². The van der Waals surface area contributed by atoms with E-state index >= 15 is 0 Å². The Hall–Kier alpha value is -1.06. The van der Waals surface area contributed by atoms with Crippen molar-refractivity contribution in [2.45, 2.75) is 53.0 Å². The molecule has 0 aliphatic carbocycles. The van der Waals surface area contributed by atoms with Crippen molar-refractivity contribution in [1.82, 2.24) is 4.90 Å². The van der Waals surface area contributed by atoms with Crippen LogP contribution >= 0.6 is 0 Å². The molecule has 1 aliphatic heterocycles. The largest absolute Gasteiger partial charge is 0.469 e. The molecule has 18 heavy (non-hydrogen) atoms. The molecule has 0 aromatic heterocycles. The molecule has 0 aromatic carbocycles. The first-order valence-electron chi connectivity index (χ1n) is 6.45. The third kappa shape index (κ3) is 3.47. The maximum atomic E-state index is 12.1. The van der Waals surface area contributed by atoms with E-state index in [-0.39, 0.29) is 35.2 Å². The molecule has 104 valence electrons. The van der Waals surface area contributed by atoms with Crippen LogP contribution in [0, 0.1) is 11.3 Å². The second kappa shape index (κ2) is 4.90. The molecule has 0 spiro atoms. The number of hydrogen-bond acceptors (Lipinski definition) is 3. The molecule has 1 aliphatic rings. The molecule has 1 amide bonds. The van der Waals surface area contributed by atoms with Crippen LogP contribution < -0.4 is 0 Å². The fourth-order valence-corrected chi connectivity index (χ4v) is 3.01. The first-order chi connectivity index (χ1) is 8.07. The van der Waals surface area contributed by atoms with Gasteiger partial charge in [-0.3, -0.25) is 9.59 Å². The molecule has 1 fully saturated rings. The number of esters is 1. The fraction of sp³-hybridized carbons (Fsp3) is 0.857. The van der Waals surface area contributed by atoms with Gasteiger partial charge < -0.3 is 9.64 Å². The Morgan fingerprint density at radius 2 is 1.89 bits per heavy atom. The topological polar surface area (TPSA) is 46.6 Å². The van der Waals surface area contributed by atoms with Crippen molar-refractivity contribution < 1.29 is 14.3 Å². The Morgan fingerprint density at radius 1 is 1.33 bits per heavy atom. The van der Waals surface area contributed by atoms with Gasteiger partial charge in [0.2, 0.25) is 5.91 Å². The van der Waals surface area contributed by atoms with Crippen LogP contribution in [-0.4, -0.2) is 36.0 Å². The minimum Gasteiger partial charge on any atom is -0.469 e. The highest BCUT2D eigenvalue weighted by Gasteiger charge is 2.43. The van der Waals surface area contributed by atoms with E-state index in [0.29, 0.717) is 6.54 Å². The molecule has 1 atom stereocenters. The van der Waals surface area contributed by atoms with Gasteiger partial charge in [0.05, 0.1) is 13.0 Å². The molecule has 4 heteroatoms. The summed E-state index contributed by atoms with van der Waals surface area (Å²) in [6, 6.07) is 0. The molecule has 1 unspecified atom stereocenters. The first-order valence-corrected chi connectivity index (χ1v) is 6.45. The van der Waals surface area contributed by atoms with Gasteiger partial charge in [0, 0.05) is 18.5 Å². The van der Waals surface area contributed by atoms with Gasteiger partial charge in [-0.05, 0) is 25.7 Å². The Kier molecular flexibility index (Phi) is 4.08. The van der Waals surface area contributed by atoms with E-state index in [0.717, 1.165) is 6.42 Å². The molecule has 0 N–H and O–H groups in total. The third-order valence-corrected chi connectivity index (χ3v) is 3.35. The Labute approximate surface area is 110 Å². The molecule has 0 aromatic rings. The van der Waals surface area contributed by atoms with Crippen LogP contribution in [-0.2, 0) is 14.3 Å². The first kappa shape index (κ1) is 15.0. The standard InChI is InChI=1S/C14H25NO3/c1-13(2,3)9-14(4,5)15-8-10(7-11(15)16)12(17)18-6/h10H,7-9H2,1-6H3. The SMILES string of the molecule is COC(=O)C1CC(=O)N(C(C)(C)CC(C)(C)C)C1. The molecule has 1 saturated heterocycles. The van der Waals surface area contributed by atoms with Crippen molar-refractivity contribution in [3.8, 4) is 0 Å². The van der Waals surface area contributed by atoms with Crippen LogP contribution in [0.1, 0.15) is 47.5 Å². The average Bonchev–Trinajstić information content (AvgIpc) is 2.56. The Morgan fingerprint density at radius 3 is 2.33 bits per heavy atom. The zero-order chi connectivity index (χ0) is 14.1. The molecule has 0 saturated carbocycles. The van der Waals surface area contributed by atoms with Gasteiger partial charge in [-0.15, -0.1) is 0 Å². The lowest BCUT2D eigenvalue weighted by molar-refractivity contribution is -0.145. The van der Waals surface area contributed by atoms with Gasteiger partial charge in [0.1, 0.15) is 0 Å². The van der Waals surface area contributed by atoms with Gasteiger partial charge >= 0.3 is 5.97 Å². The van der Waals surface area contributed by atoms with Crippen LogP contribution in [0.25, 0.3) is 0 Å². The smallest absolute Gasteiger partial charge is 0.310 e. The number of amides is 1. The quantitative estimate of drug-likeness (QED) is 0.726. The van der Waals surface area contributed by atoms with Gasteiger partial charge in [-0.25, -0.2) is 0 Å². The number of nitrogens with zero attached hydrogens (tertiary/aromatic N) is 1. The number of hydrogen-bond donors (Lipinski definition) is 0. The zero-order valence-electron chi connectivity index (χ0n) is 12.4. The van der Waals surface area contributed by atoms with E-state index in [2.05, 4.69) is 34.6 Å². The van der Waals surface area contributed by atoms with Crippen molar-refractivity contribution in [2.24, 2.45) is 11.3 Å². The van der Waals surface area contributed by atoms with Crippen LogP contribution in [0.4, 0.5) is 0 Å². The second-order valence-electron chi connectivity index (χ2n) is 6.98. The van der Waals surface area contributed by atoms with Gasteiger partial charge in [0.25, 0.3) is 0 Å². The highest BCUT2D eigenvalue weighted by molar-refractivity contribution is 5.87. The van der Waals surface area contributed by atoms with Crippen LogP contribution in [0.15, 0.2) is 0 Å². The summed E-state index contributed by atoms with van der Waals surface area (Å²) in [6.07, 6.45) is 1.18. The van der Waals surface area contributed by atoms with E-state index in [1.807, 2.05) is 4.90 Å². The van der Waals surface area contributed by atoms with E-state index in [1.165, 1.54) is 7.11 Å². The molecule has 1 heterocycles. The molecular formula is C14H25NO3. The molecule has 0 bridgehead atoms. The van der Waals surface area contributed by atoms with Crippen molar-refractivity contribution in [2.75, 3.05) is 13.7 Å². The summed E-state index contributed by atoms with van der Waals surface area (Å²) in [4.78, 5) is 25.4.